The van der Waals surface area contributed by atoms with Crippen molar-refractivity contribution < 1.29 is 0 Å². The topological polar surface area (TPSA) is 63.3 Å². The van der Waals surface area contributed by atoms with E-state index in [1.165, 1.54) is 11.3 Å². The van der Waals surface area contributed by atoms with Crippen LogP contribution in [0.1, 0.15) is 6.92 Å². The molecule has 60 valence electrons. The molecule has 0 saturated carbocycles. The molecule has 4 nitrogen and oxygen atoms in total. The van der Waals surface area contributed by atoms with Gasteiger partial charge in [0, 0.05) is 11.9 Å². The molecule has 1 aromatic heterocycles. The van der Waals surface area contributed by atoms with E-state index in [9.17, 15) is 0 Å². The molecule has 11 heavy (non-hydrogen) atoms. The molecule has 0 amide bonds. The molecule has 0 unspecified atom stereocenters. The summed E-state index contributed by atoms with van der Waals surface area (Å²) >= 11 is 1.46. The molecule has 5 heteroatoms. The van der Waals surface area contributed by atoms with Crippen molar-refractivity contribution in [2.45, 2.75) is 6.92 Å². The third kappa shape index (κ3) is 2.55. The first-order valence-corrected chi connectivity index (χ1v) is 4.16. The van der Waals surface area contributed by atoms with E-state index in [4.69, 9.17) is 5.73 Å². The number of nitrogens with one attached hydrogen (secondary N) is 1. The van der Waals surface area contributed by atoms with E-state index in [2.05, 4.69) is 15.3 Å². The van der Waals surface area contributed by atoms with Crippen LogP contribution >= 0.6 is 11.3 Å². The second-order valence-corrected chi connectivity index (χ2v) is 2.71. The molecule has 0 aliphatic rings. The van der Waals surface area contributed by atoms with Gasteiger partial charge in [0.1, 0.15) is 5.82 Å². The highest BCUT2D eigenvalue weighted by atomic mass is 32.1. The highest BCUT2D eigenvalue weighted by Crippen LogP contribution is 2.14. The second kappa shape index (κ2) is 3.92. The lowest BCUT2D eigenvalue weighted by molar-refractivity contribution is 1.14. The van der Waals surface area contributed by atoms with Gasteiger partial charge in [-0.1, -0.05) is 0 Å². The van der Waals surface area contributed by atoms with E-state index >= 15 is 0 Å². The van der Waals surface area contributed by atoms with Crippen molar-refractivity contribution in [3.05, 3.63) is 5.38 Å². The van der Waals surface area contributed by atoms with Gasteiger partial charge in [0.05, 0.1) is 6.34 Å². The molecule has 1 rings (SSSR count). The van der Waals surface area contributed by atoms with Gasteiger partial charge in [0.25, 0.3) is 0 Å². The van der Waals surface area contributed by atoms with E-state index in [-0.39, 0.29) is 0 Å². The van der Waals surface area contributed by atoms with Gasteiger partial charge in [-0.25, -0.2) is 4.98 Å². The zero-order valence-electron chi connectivity index (χ0n) is 6.24. The molecule has 0 saturated heterocycles. The van der Waals surface area contributed by atoms with Gasteiger partial charge in [-0.15, -0.1) is 11.3 Å². The van der Waals surface area contributed by atoms with Crippen LogP contribution in [0.4, 0.5) is 10.9 Å². The summed E-state index contributed by atoms with van der Waals surface area (Å²) < 4.78 is 0. The minimum absolute atomic E-state index is 0.544. The minimum Gasteiger partial charge on any atom is -0.383 e. The van der Waals surface area contributed by atoms with Crippen molar-refractivity contribution in [2.24, 2.45) is 4.99 Å². The fourth-order valence-corrected chi connectivity index (χ4v) is 1.11. The van der Waals surface area contributed by atoms with E-state index in [1.54, 1.807) is 11.7 Å². The van der Waals surface area contributed by atoms with Crippen LogP contribution in [0.25, 0.3) is 0 Å². The smallest absolute Gasteiger partial charge is 0.189 e. The van der Waals surface area contributed by atoms with Gasteiger partial charge < -0.3 is 11.1 Å². The summed E-state index contributed by atoms with van der Waals surface area (Å²) in [6.45, 7) is 2.74. The summed E-state index contributed by atoms with van der Waals surface area (Å²) in [6, 6.07) is 0. The van der Waals surface area contributed by atoms with Crippen molar-refractivity contribution in [2.75, 3.05) is 17.6 Å². The lowest BCUT2D eigenvalue weighted by atomic mass is 10.8. The molecule has 0 aliphatic heterocycles. The molecule has 0 atom stereocenters. The predicted octanol–water partition coefficient (Wildman–Crippen LogP) is 1.19. The molecule has 3 N–H and O–H groups in total. The maximum Gasteiger partial charge on any atom is 0.189 e. The van der Waals surface area contributed by atoms with Gasteiger partial charge >= 0.3 is 0 Å². The standard InChI is InChI=1S/C6H10N4S/c1-2-8-4-9-6-10-5(7)3-11-6/h3-4H,2,7H2,1H3,(H,8,9,10). The molecular weight excluding hydrogens is 160 g/mol. The van der Waals surface area contributed by atoms with Gasteiger partial charge in [0.2, 0.25) is 0 Å². The normalized spacial score (nSPS) is 10.6. The van der Waals surface area contributed by atoms with Crippen molar-refractivity contribution >= 4 is 28.6 Å². The number of thiazole rings is 1. The van der Waals surface area contributed by atoms with Crippen LogP contribution in [0.15, 0.2) is 10.4 Å². The summed E-state index contributed by atoms with van der Waals surface area (Å²) in [5.74, 6) is 0.544. The maximum absolute atomic E-state index is 5.40. The fourth-order valence-electron chi connectivity index (χ4n) is 0.545. The number of hydrogen-bond donors (Lipinski definition) is 2. The predicted molar refractivity (Wildman–Crippen MR) is 49.2 cm³/mol. The van der Waals surface area contributed by atoms with Crippen LogP contribution in [0.5, 0.6) is 0 Å². The molecular formula is C6H10N4S. The monoisotopic (exact) mass is 170 g/mol. The van der Waals surface area contributed by atoms with Gasteiger partial charge in [-0.2, -0.15) is 0 Å². The Morgan fingerprint density at radius 2 is 2.73 bits per heavy atom. The maximum atomic E-state index is 5.40. The van der Waals surface area contributed by atoms with E-state index in [0.717, 1.165) is 11.7 Å². The lowest BCUT2D eigenvalue weighted by Crippen LogP contribution is -1.94. The number of aromatic nitrogens is 1. The average molecular weight is 170 g/mol. The van der Waals surface area contributed by atoms with Crippen LogP contribution in [0.3, 0.4) is 0 Å². The SMILES string of the molecule is CCN=CNc1nc(N)cs1. The number of nitrogen functional groups attached to an aromatic ring is 1. The molecule has 0 aromatic carbocycles. The molecule has 1 aromatic rings. The third-order valence-corrected chi connectivity index (χ3v) is 1.78. The summed E-state index contributed by atoms with van der Waals surface area (Å²) in [4.78, 5) is 7.94. The Balaban J connectivity index is 2.45. The lowest BCUT2D eigenvalue weighted by Gasteiger charge is -1.89. The summed E-state index contributed by atoms with van der Waals surface area (Å²) in [7, 11) is 0. The second-order valence-electron chi connectivity index (χ2n) is 1.85. The highest BCUT2D eigenvalue weighted by molar-refractivity contribution is 7.14. The molecule has 0 aliphatic carbocycles. The Morgan fingerprint density at radius 3 is 3.27 bits per heavy atom. The van der Waals surface area contributed by atoms with Crippen molar-refractivity contribution in [1.82, 2.24) is 4.98 Å². The van der Waals surface area contributed by atoms with E-state index < -0.39 is 0 Å². The quantitative estimate of drug-likeness (QED) is 0.529. The Kier molecular flexibility index (Phi) is 2.85. The van der Waals surface area contributed by atoms with Crippen LogP contribution in [-0.4, -0.2) is 17.9 Å². The molecule has 0 bridgehead atoms. The van der Waals surface area contributed by atoms with Gasteiger partial charge in [-0.05, 0) is 6.92 Å². The fraction of sp³-hybridized carbons (Fsp3) is 0.333. The van der Waals surface area contributed by atoms with Crippen LogP contribution < -0.4 is 11.1 Å². The summed E-state index contributed by atoms with van der Waals surface area (Å²) in [5, 5.41) is 5.46. The van der Waals surface area contributed by atoms with Crippen LogP contribution in [0, 0.1) is 0 Å². The van der Waals surface area contributed by atoms with E-state index in [1.807, 2.05) is 6.92 Å². The number of anilines is 2. The number of nitrogens with zero attached hydrogens (tertiary/aromatic N) is 2. The summed E-state index contributed by atoms with van der Waals surface area (Å²) in [6.07, 6.45) is 1.62. The number of nitrogens with two attached hydrogens (primary N) is 1. The Morgan fingerprint density at radius 1 is 1.91 bits per heavy atom. The Hall–Kier alpha value is -1.10. The molecule has 1 heterocycles. The average Bonchev–Trinajstić information content (AvgIpc) is 2.37. The summed E-state index contributed by atoms with van der Waals surface area (Å²) in [5.41, 5.74) is 5.40. The number of aliphatic imine (C=N–C) groups is 1. The number of rotatable bonds is 3. The van der Waals surface area contributed by atoms with Crippen molar-refractivity contribution in [3.63, 3.8) is 0 Å². The Bertz CT molecular complexity index is 242. The van der Waals surface area contributed by atoms with Gasteiger partial charge in [-0.3, -0.25) is 4.99 Å². The van der Waals surface area contributed by atoms with Gasteiger partial charge in [0.15, 0.2) is 5.13 Å². The Labute approximate surface area is 69.2 Å². The first kappa shape index (κ1) is 8.00. The first-order valence-electron chi connectivity index (χ1n) is 3.28. The highest BCUT2D eigenvalue weighted by Gasteiger charge is 1.93. The largest absolute Gasteiger partial charge is 0.383 e. The molecule has 0 radical (unpaired) electrons. The van der Waals surface area contributed by atoms with Crippen molar-refractivity contribution in [1.29, 1.82) is 0 Å². The zero-order chi connectivity index (χ0) is 8.10. The third-order valence-electron chi connectivity index (χ3n) is 0.984. The zero-order valence-corrected chi connectivity index (χ0v) is 7.06. The van der Waals surface area contributed by atoms with Crippen LogP contribution in [0.2, 0.25) is 0 Å². The van der Waals surface area contributed by atoms with E-state index in [0.29, 0.717) is 5.82 Å². The first-order chi connectivity index (χ1) is 5.33. The van der Waals surface area contributed by atoms with Crippen LogP contribution in [-0.2, 0) is 0 Å². The number of hydrogen-bond acceptors (Lipinski definition) is 4. The minimum atomic E-state index is 0.544. The molecule has 0 spiro atoms. The van der Waals surface area contributed by atoms with Crippen molar-refractivity contribution in [3.8, 4) is 0 Å². The molecule has 0 fully saturated rings.